The van der Waals surface area contributed by atoms with Crippen molar-refractivity contribution in [1.82, 2.24) is 4.90 Å². The van der Waals surface area contributed by atoms with Gasteiger partial charge in [-0.25, -0.2) is 0 Å². The molecule has 1 saturated heterocycles. The molecule has 0 bridgehead atoms. The van der Waals surface area contributed by atoms with Gasteiger partial charge in [0, 0.05) is 19.6 Å². The van der Waals surface area contributed by atoms with E-state index in [-0.39, 0.29) is 0 Å². The van der Waals surface area contributed by atoms with Crippen LogP contribution < -0.4 is 0 Å². The van der Waals surface area contributed by atoms with Crippen LogP contribution in [0, 0.1) is 5.92 Å². The molecule has 1 aliphatic heterocycles. The molecule has 1 heterocycles. The van der Waals surface area contributed by atoms with E-state index in [4.69, 9.17) is 4.74 Å². The summed E-state index contributed by atoms with van der Waals surface area (Å²) in [5.41, 5.74) is 2.97. The van der Waals surface area contributed by atoms with Crippen molar-refractivity contribution >= 4 is 0 Å². The van der Waals surface area contributed by atoms with Crippen LogP contribution in [0.1, 0.15) is 40.0 Å². The quantitative estimate of drug-likeness (QED) is 0.711. The Balaban J connectivity index is 1.85. The van der Waals surface area contributed by atoms with Crippen LogP contribution >= 0.6 is 0 Å². The predicted molar refractivity (Wildman–Crippen MR) is 76.7 cm³/mol. The summed E-state index contributed by atoms with van der Waals surface area (Å²) in [6.07, 6.45) is 6.93. The van der Waals surface area contributed by atoms with Gasteiger partial charge in [0.25, 0.3) is 0 Å². The Morgan fingerprint density at radius 1 is 1.39 bits per heavy atom. The molecule has 2 heteroatoms. The molecule has 0 radical (unpaired) electrons. The zero-order valence-electron chi connectivity index (χ0n) is 12.1. The third-order valence-corrected chi connectivity index (χ3v) is 4.12. The van der Waals surface area contributed by atoms with Crippen LogP contribution in [0.3, 0.4) is 0 Å². The molecule has 102 valence electrons. The Morgan fingerprint density at radius 3 is 2.56 bits per heavy atom. The number of ether oxygens (including phenoxy) is 1. The highest BCUT2D eigenvalue weighted by Gasteiger charge is 2.23. The summed E-state index contributed by atoms with van der Waals surface area (Å²) in [5.74, 6) is 0.719. The lowest BCUT2D eigenvalue weighted by Gasteiger charge is -2.36. The smallest absolute Gasteiger partial charge is 0.0678 e. The maximum Gasteiger partial charge on any atom is 0.0678 e. The van der Waals surface area contributed by atoms with E-state index in [9.17, 15) is 0 Å². The molecule has 2 rings (SSSR count). The average Bonchev–Trinajstić information content (AvgIpc) is 2.28. The van der Waals surface area contributed by atoms with Crippen LogP contribution in [0.2, 0.25) is 0 Å². The van der Waals surface area contributed by atoms with Gasteiger partial charge < -0.3 is 4.74 Å². The lowest BCUT2D eigenvalue weighted by atomic mass is 9.85. The van der Waals surface area contributed by atoms with Crippen molar-refractivity contribution in [3.8, 4) is 0 Å². The summed E-state index contributed by atoms with van der Waals surface area (Å²) in [5, 5.41) is 0. The fourth-order valence-corrected chi connectivity index (χ4v) is 3.18. The van der Waals surface area contributed by atoms with Crippen molar-refractivity contribution in [3.63, 3.8) is 0 Å². The molecule has 1 fully saturated rings. The van der Waals surface area contributed by atoms with Gasteiger partial charge in [-0.05, 0) is 46.0 Å². The van der Waals surface area contributed by atoms with Crippen molar-refractivity contribution in [2.24, 2.45) is 5.92 Å². The molecule has 2 aliphatic rings. The highest BCUT2D eigenvalue weighted by atomic mass is 16.5. The molecule has 18 heavy (non-hydrogen) atoms. The predicted octanol–water partition coefficient (Wildman–Crippen LogP) is 3.40. The van der Waals surface area contributed by atoms with Gasteiger partial charge in [-0.2, -0.15) is 0 Å². The molecular weight excluding hydrogens is 222 g/mol. The van der Waals surface area contributed by atoms with Crippen LogP contribution in [0.4, 0.5) is 0 Å². The van der Waals surface area contributed by atoms with Crippen LogP contribution in [0.5, 0.6) is 0 Å². The zero-order chi connectivity index (χ0) is 13.1. The van der Waals surface area contributed by atoms with E-state index in [1.54, 1.807) is 5.57 Å². The number of morpholine rings is 1. The van der Waals surface area contributed by atoms with E-state index < -0.39 is 0 Å². The third-order valence-electron chi connectivity index (χ3n) is 4.12. The summed E-state index contributed by atoms with van der Waals surface area (Å²) in [6.45, 7) is 13.9. The fourth-order valence-electron chi connectivity index (χ4n) is 3.18. The molecule has 0 saturated carbocycles. The molecule has 3 atom stereocenters. The van der Waals surface area contributed by atoms with E-state index in [2.05, 4.69) is 38.3 Å². The van der Waals surface area contributed by atoms with Crippen LogP contribution in [0.15, 0.2) is 23.8 Å². The van der Waals surface area contributed by atoms with Gasteiger partial charge >= 0.3 is 0 Å². The molecular formula is C16H27NO. The highest BCUT2D eigenvalue weighted by Crippen LogP contribution is 2.28. The van der Waals surface area contributed by atoms with Gasteiger partial charge in [-0.15, -0.1) is 0 Å². The van der Waals surface area contributed by atoms with Gasteiger partial charge in [0.15, 0.2) is 0 Å². The Morgan fingerprint density at radius 2 is 2.06 bits per heavy atom. The minimum atomic E-state index is 0.376. The van der Waals surface area contributed by atoms with Crippen molar-refractivity contribution in [2.45, 2.75) is 52.2 Å². The first kappa shape index (κ1) is 13.8. The second-order valence-electron chi connectivity index (χ2n) is 6.13. The van der Waals surface area contributed by atoms with Crippen LogP contribution in [0.25, 0.3) is 0 Å². The Kier molecular flexibility index (Phi) is 4.63. The summed E-state index contributed by atoms with van der Waals surface area (Å²) in [4.78, 5) is 2.55. The molecule has 0 spiro atoms. The van der Waals surface area contributed by atoms with Crippen LogP contribution in [-0.4, -0.2) is 36.7 Å². The second kappa shape index (κ2) is 6.03. The zero-order valence-corrected chi connectivity index (χ0v) is 12.1. The first-order chi connectivity index (χ1) is 8.54. The fraction of sp³-hybridized carbons (Fsp3) is 0.750. The monoisotopic (exact) mass is 249 g/mol. The minimum absolute atomic E-state index is 0.376. The van der Waals surface area contributed by atoms with Crippen molar-refractivity contribution in [2.75, 3.05) is 19.6 Å². The van der Waals surface area contributed by atoms with Gasteiger partial charge in [0.05, 0.1) is 12.2 Å². The summed E-state index contributed by atoms with van der Waals surface area (Å²) in [7, 11) is 0. The summed E-state index contributed by atoms with van der Waals surface area (Å²) >= 11 is 0. The average molecular weight is 249 g/mol. The van der Waals surface area contributed by atoms with Crippen molar-refractivity contribution in [3.05, 3.63) is 23.8 Å². The topological polar surface area (TPSA) is 12.5 Å². The molecule has 0 aromatic heterocycles. The molecule has 1 aliphatic carbocycles. The van der Waals surface area contributed by atoms with E-state index in [0.717, 1.165) is 25.6 Å². The van der Waals surface area contributed by atoms with E-state index in [1.165, 1.54) is 24.8 Å². The molecule has 0 amide bonds. The number of nitrogens with zero attached hydrogens (tertiary/aromatic N) is 1. The van der Waals surface area contributed by atoms with E-state index >= 15 is 0 Å². The first-order valence-electron chi connectivity index (χ1n) is 7.25. The molecule has 0 N–H and O–H groups in total. The van der Waals surface area contributed by atoms with E-state index in [0.29, 0.717) is 12.2 Å². The maximum atomic E-state index is 5.78. The second-order valence-corrected chi connectivity index (χ2v) is 6.13. The third kappa shape index (κ3) is 3.69. The SMILES string of the molecule is C=C(C)[C@H]1CC=C(CN2C[C@@H](C)O[C@H](C)C2)CC1. The Labute approximate surface area is 112 Å². The number of hydrogen-bond acceptors (Lipinski definition) is 2. The van der Waals surface area contributed by atoms with Gasteiger partial charge in [0.1, 0.15) is 0 Å². The lowest BCUT2D eigenvalue weighted by molar-refractivity contribution is -0.0655. The minimum Gasteiger partial charge on any atom is -0.373 e. The number of rotatable bonds is 3. The van der Waals surface area contributed by atoms with Gasteiger partial charge in [-0.1, -0.05) is 23.8 Å². The van der Waals surface area contributed by atoms with Gasteiger partial charge in [0.2, 0.25) is 0 Å². The van der Waals surface area contributed by atoms with Crippen LogP contribution in [-0.2, 0) is 4.74 Å². The lowest BCUT2D eigenvalue weighted by Crippen LogP contribution is -2.46. The molecule has 0 aromatic carbocycles. The number of allylic oxidation sites excluding steroid dienone is 2. The van der Waals surface area contributed by atoms with Crippen molar-refractivity contribution < 1.29 is 4.74 Å². The molecule has 0 aromatic rings. The normalized spacial score (nSPS) is 34.2. The maximum absolute atomic E-state index is 5.78. The van der Waals surface area contributed by atoms with Gasteiger partial charge in [-0.3, -0.25) is 4.90 Å². The standard InChI is InChI=1S/C16H27NO/c1-12(2)16-7-5-15(6-8-16)11-17-9-13(3)18-14(4)10-17/h5,13-14,16H,1,6-11H2,2-4H3/t13-,14-,16+/m1/s1. The Bertz CT molecular complexity index is 324. The summed E-state index contributed by atoms with van der Waals surface area (Å²) < 4.78 is 5.78. The largest absolute Gasteiger partial charge is 0.373 e. The molecule has 0 unspecified atom stereocenters. The highest BCUT2D eigenvalue weighted by molar-refractivity contribution is 5.13. The first-order valence-corrected chi connectivity index (χ1v) is 7.25. The molecule has 2 nitrogen and oxygen atoms in total. The number of hydrogen-bond donors (Lipinski definition) is 0. The Hall–Kier alpha value is -0.600. The summed E-state index contributed by atoms with van der Waals surface area (Å²) in [6, 6.07) is 0. The van der Waals surface area contributed by atoms with Crippen molar-refractivity contribution in [1.29, 1.82) is 0 Å². The van der Waals surface area contributed by atoms with E-state index in [1.807, 2.05) is 0 Å².